The fourth-order valence-corrected chi connectivity index (χ4v) is 1.14. The first-order valence-corrected chi connectivity index (χ1v) is 4.93. The van der Waals surface area contributed by atoms with Gasteiger partial charge in [-0.1, -0.05) is 18.7 Å². The van der Waals surface area contributed by atoms with Crippen LogP contribution in [-0.4, -0.2) is 23.5 Å². The molecule has 0 amide bonds. The molecule has 0 saturated heterocycles. The van der Waals surface area contributed by atoms with Crippen molar-refractivity contribution >= 4 is 11.8 Å². The molecule has 1 aromatic rings. The molecule has 17 heavy (non-hydrogen) atoms. The molecule has 4 heteroatoms. The topological polar surface area (TPSA) is 63.6 Å². The molecular formula is C13H12O4. The third-order valence-electron chi connectivity index (χ3n) is 1.94. The number of rotatable bonds is 6. The summed E-state index contributed by atoms with van der Waals surface area (Å²) in [4.78, 5) is 21.7. The second kappa shape index (κ2) is 6.27. The summed E-state index contributed by atoms with van der Waals surface area (Å²) < 4.78 is 5.24. The zero-order chi connectivity index (χ0) is 12.7. The molecule has 0 bridgehead atoms. The van der Waals surface area contributed by atoms with Crippen molar-refractivity contribution < 1.29 is 19.4 Å². The molecule has 1 N–H and O–H groups in total. The molecule has 0 fully saturated rings. The summed E-state index contributed by atoms with van der Waals surface area (Å²) in [6, 6.07) is 6.32. The third-order valence-corrected chi connectivity index (χ3v) is 1.94. The standard InChI is InChI=1S/C13H12O4/c1-2-10(14)6-5-9-17-12-8-4-3-7-11(12)13(15)16/h2-8H,1,9H2,(H,15,16). The molecule has 88 valence electrons. The lowest BCUT2D eigenvalue weighted by Crippen LogP contribution is -2.03. The fraction of sp³-hybridized carbons (Fsp3) is 0.0769. The van der Waals surface area contributed by atoms with E-state index in [0.717, 1.165) is 0 Å². The van der Waals surface area contributed by atoms with Gasteiger partial charge in [0.25, 0.3) is 0 Å². The first kappa shape index (κ1) is 12.7. The smallest absolute Gasteiger partial charge is 0.339 e. The van der Waals surface area contributed by atoms with Crippen LogP contribution >= 0.6 is 0 Å². The van der Waals surface area contributed by atoms with Crippen LogP contribution in [0.1, 0.15) is 10.4 Å². The van der Waals surface area contributed by atoms with Gasteiger partial charge in [0.15, 0.2) is 5.78 Å². The van der Waals surface area contributed by atoms with Crippen molar-refractivity contribution in [3.05, 3.63) is 54.6 Å². The maximum absolute atomic E-state index is 10.8. The van der Waals surface area contributed by atoms with Gasteiger partial charge in [-0.2, -0.15) is 0 Å². The highest BCUT2D eigenvalue weighted by Crippen LogP contribution is 2.17. The molecule has 0 unspecified atom stereocenters. The Morgan fingerprint density at radius 3 is 2.71 bits per heavy atom. The number of carbonyl (C=O) groups is 2. The Hall–Kier alpha value is -2.36. The van der Waals surface area contributed by atoms with E-state index in [1.165, 1.54) is 24.3 Å². The van der Waals surface area contributed by atoms with Gasteiger partial charge in [-0.15, -0.1) is 0 Å². The zero-order valence-corrected chi connectivity index (χ0v) is 9.13. The Morgan fingerprint density at radius 2 is 2.06 bits per heavy atom. The van der Waals surface area contributed by atoms with E-state index >= 15 is 0 Å². The van der Waals surface area contributed by atoms with E-state index in [0.29, 0.717) is 0 Å². The number of ether oxygens (including phenoxy) is 1. The molecule has 0 aromatic heterocycles. The minimum absolute atomic E-state index is 0.0935. The van der Waals surface area contributed by atoms with Gasteiger partial charge in [0.05, 0.1) is 0 Å². The van der Waals surface area contributed by atoms with E-state index in [1.54, 1.807) is 18.2 Å². The van der Waals surface area contributed by atoms with Crippen LogP contribution in [-0.2, 0) is 4.79 Å². The maximum atomic E-state index is 10.8. The lowest BCUT2D eigenvalue weighted by Gasteiger charge is -2.05. The van der Waals surface area contributed by atoms with Crippen LogP contribution in [0.5, 0.6) is 5.75 Å². The summed E-state index contributed by atoms with van der Waals surface area (Å²) in [7, 11) is 0. The Kier molecular flexibility index (Phi) is 4.69. The molecule has 1 rings (SSSR count). The molecule has 0 saturated carbocycles. The first-order valence-electron chi connectivity index (χ1n) is 4.93. The van der Waals surface area contributed by atoms with Crippen LogP contribution in [0.2, 0.25) is 0 Å². The summed E-state index contributed by atoms with van der Waals surface area (Å²) in [5, 5.41) is 8.88. The van der Waals surface area contributed by atoms with E-state index in [9.17, 15) is 9.59 Å². The number of para-hydroxylation sites is 1. The number of hydrogen-bond acceptors (Lipinski definition) is 3. The Balaban J connectivity index is 2.63. The van der Waals surface area contributed by atoms with E-state index in [1.807, 2.05) is 0 Å². The van der Waals surface area contributed by atoms with Crippen LogP contribution < -0.4 is 4.74 Å². The monoisotopic (exact) mass is 232 g/mol. The van der Waals surface area contributed by atoms with Gasteiger partial charge in [0.1, 0.15) is 17.9 Å². The highest BCUT2D eigenvalue weighted by molar-refractivity contribution is 5.98. The molecule has 1 aromatic carbocycles. The number of hydrogen-bond donors (Lipinski definition) is 1. The Bertz CT molecular complexity index is 460. The Labute approximate surface area is 98.8 Å². The number of allylic oxidation sites excluding steroid dienone is 2. The lowest BCUT2D eigenvalue weighted by atomic mass is 10.2. The highest BCUT2D eigenvalue weighted by Gasteiger charge is 2.08. The number of carbonyl (C=O) groups excluding carboxylic acids is 1. The average molecular weight is 232 g/mol. The van der Waals surface area contributed by atoms with Crippen LogP contribution in [0.25, 0.3) is 0 Å². The van der Waals surface area contributed by atoms with Gasteiger partial charge in [0, 0.05) is 0 Å². The molecule has 0 aliphatic carbocycles. The number of carboxylic acid groups (broad SMARTS) is 1. The van der Waals surface area contributed by atoms with E-state index in [4.69, 9.17) is 9.84 Å². The summed E-state index contributed by atoms with van der Waals surface area (Å²) in [5.74, 6) is -0.998. The number of ketones is 1. The van der Waals surface area contributed by atoms with Gasteiger partial charge < -0.3 is 9.84 Å². The van der Waals surface area contributed by atoms with Crippen LogP contribution in [0.15, 0.2) is 49.1 Å². The molecular weight excluding hydrogens is 220 g/mol. The van der Waals surface area contributed by atoms with Gasteiger partial charge in [-0.05, 0) is 30.4 Å². The van der Waals surface area contributed by atoms with E-state index in [-0.39, 0.29) is 23.7 Å². The SMILES string of the molecule is C=CC(=O)C=CCOc1ccccc1C(=O)O. The highest BCUT2D eigenvalue weighted by atomic mass is 16.5. The molecule has 0 spiro atoms. The van der Waals surface area contributed by atoms with Crippen LogP contribution in [0.4, 0.5) is 0 Å². The van der Waals surface area contributed by atoms with Crippen molar-refractivity contribution in [2.75, 3.05) is 6.61 Å². The maximum Gasteiger partial charge on any atom is 0.339 e. The predicted molar refractivity (Wildman–Crippen MR) is 63.2 cm³/mol. The van der Waals surface area contributed by atoms with Crippen LogP contribution in [0, 0.1) is 0 Å². The molecule has 0 atom stereocenters. The second-order valence-corrected chi connectivity index (χ2v) is 3.12. The van der Waals surface area contributed by atoms with Gasteiger partial charge in [-0.3, -0.25) is 4.79 Å². The molecule has 0 aliphatic heterocycles. The van der Waals surface area contributed by atoms with Crippen molar-refractivity contribution in [3.8, 4) is 5.75 Å². The summed E-state index contributed by atoms with van der Waals surface area (Å²) in [5.41, 5.74) is 0.0935. The van der Waals surface area contributed by atoms with Crippen molar-refractivity contribution in [2.24, 2.45) is 0 Å². The van der Waals surface area contributed by atoms with Gasteiger partial charge in [0.2, 0.25) is 0 Å². The number of aromatic carboxylic acids is 1. The van der Waals surface area contributed by atoms with Crippen molar-refractivity contribution in [2.45, 2.75) is 0 Å². The van der Waals surface area contributed by atoms with Crippen molar-refractivity contribution in [1.82, 2.24) is 0 Å². The molecule has 0 aliphatic rings. The number of benzene rings is 1. The van der Waals surface area contributed by atoms with Gasteiger partial charge in [-0.25, -0.2) is 4.79 Å². The summed E-state index contributed by atoms with van der Waals surface area (Å²) in [6.07, 6.45) is 4.00. The predicted octanol–water partition coefficient (Wildman–Crippen LogP) is 2.07. The lowest BCUT2D eigenvalue weighted by molar-refractivity contribution is -0.110. The third kappa shape index (κ3) is 3.95. The molecule has 4 nitrogen and oxygen atoms in total. The average Bonchev–Trinajstić information content (AvgIpc) is 2.34. The van der Waals surface area contributed by atoms with E-state index < -0.39 is 5.97 Å². The first-order chi connectivity index (χ1) is 8.15. The molecule has 0 heterocycles. The zero-order valence-electron chi connectivity index (χ0n) is 9.13. The summed E-state index contributed by atoms with van der Waals surface area (Å²) in [6.45, 7) is 3.44. The largest absolute Gasteiger partial charge is 0.489 e. The summed E-state index contributed by atoms with van der Waals surface area (Å²) >= 11 is 0. The van der Waals surface area contributed by atoms with Gasteiger partial charge >= 0.3 is 5.97 Å². The normalized spacial score (nSPS) is 10.1. The minimum atomic E-state index is -1.05. The molecule has 0 radical (unpaired) electrons. The fourth-order valence-electron chi connectivity index (χ4n) is 1.14. The number of carboxylic acids is 1. The van der Waals surface area contributed by atoms with Crippen molar-refractivity contribution in [3.63, 3.8) is 0 Å². The van der Waals surface area contributed by atoms with Crippen LogP contribution in [0.3, 0.4) is 0 Å². The van der Waals surface area contributed by atoms with E-state index in [2.05, 4.69) is 6.58 Å². The van der Waals surface area contributed by atoms with Crippen molar-refractivity contribution in [1.29, 1.82) is 0 Å². The Morgan fingerprint density at radius 1 is 1.35 bits per heavy atom. The minimum Gasteiger partial charge on any atom is -0.489 e. The second-order valence-electron chi connectivity index (χ2n) is 3.12. The quantitative estimate of drug-likeness (QED) is 0.762.